The molecule has 2 aromatic heterocycles. The van der Waals surface area contributed by atoms with Crippen LogP contribution in [0.3, 0.4) is 0 Å². The van der Waals surface area contributed by atoms with Gasteiger partial charge >= 0.3 is 6.03 Å². The van der Waals surface area contributed by atoms with Crippen LogP contribution in [-0.2, 0) is 0 Å². The minimum atomic E-state index is -0.335. The minimum Gasteiger partial charge on any atom is -0.283 e. The zero-order valence-corrected chi connectivity index (χ0v) is 12.9. The van der Waals surface area contributed by atoms with Crippen molar-refractivity contribution in [3.63, 3.8) is 0 Å². The van der Waals surface area contributed by atoms with Gasteiger partial charge in [0, 0.05) is 0 Å². The lowest BCUT2D eigenvalue weighted by Gasteiger charge is -2.00. The number of benzene rings is 2. The minimum absolute atomic E-state index is 0.335. The van der Waals surface area contributed by atoms with Gasteiger partial charge in [0.2, 0.25) is 0 Å². The number of amides is 2. The molecule has 5 nitrogen and oxygen atoms in total. The van der Waals surface area contributed by atoms with E-state index in [9.17, 15) is 4.79 Å². The largest absolute Gasteiger partial charge is 0.327 e. The van der Waals surface area contributed by atoms with E-state index in [0.717, 1.165) is 20.4 Å². The van der Waals surface area contributed by atoms with Crippen molar-refractivity contribution in [1.82, 2.24) is 9.97 Å². The number of fused-ring (bicyclic) bond motifs is 2. The fourth-order valence-corrected chi connectivity index (χ4v) is 3.80. The highest BCUT2D eigenvalue weighted by Crippen LogP contribution is 2.27. The molecule has 22 heavy (non-hydrogen) atoms. The summed E-state index contributed by atoms with van der Waals surface area (Å²) < 4.78 is 2.08. The first-order valence-electron chi connectivity index (χ1n) is 6.57. The molecule has 0 spiro atoms. The Morgan fingerprint density at radius 2 is 1.23 bits per heavy atom. The predicted molar refractivity (Wildman–Crippen MR) is 91.9 cm³/mol. The molecule has 4 rings (SSSR count). The Bertz CT molecular complexity index is 832. The highest BCUT2D eigenvalue weighted by atomic mass is 32.1. The molecule has 0 aliphatic heterocycles. The predicted octanol–water partition coefficient (Wildman–Crippen LogP) is 4.55. The van der Waals surface area contributed by atoms with E-state index < -0.39 is 0 Å². The van der Waals surface area contributed by atoms with Crippen LogP contribution in [0.5, 0.6) is 0 Å². The Balaban J connectivity index is 1.52. The molecule has 0 saturated heterocycles. The van der Waals surface area contributed by atoms with E-state index in [2.05, 4.69) is 20.6 Å². The number of hydrogen-bond donors (Lipinski definition) is 2. The van der Waals surface area contributed by atoms with Crippen molar-refractivity contribution in [1.29, 1.82) is 0 Å². The van der Waals surface area contributed by atoms with Crippen LogP contribution in [0.4, 0.5) is 15.1 Å². The van der Waals surface area contributed by atoms with Crippen LogP contribution in [0.25, 0.3) is 20.4 Å². The van der Waals surface area contributed by atoms with Gasteiger partial charge in [0.15, 0.2) is 10.3 Å². The third kappa shape index (κ3) is 2.51. The van der Waals surface area contributed by atoms with Gasteiger partial charge in [-0.3, -0.25) is 10.6 Å². The fourth-order valence-electron chi connectivity index (χ4n) is 2.08. The van der Waals surface area contributed by atoms with Crippen LogP contribution in [-0.4, -0.2) is 16.0 Å². The second-order valence-electron chi connectivity index (χ2n) is 4.55. The van der Waals surface area contributed by atoms with Crippen molar-refractivity contribution >= 4 is 59.4 Å². The van der Waals surface area contributed by atoms with Gasteiger partial charge in [-0.25, -0.2) is 14.8 Å². The summed E-state index contributed by atoms with van der Waals surface area (Å²) in [6, 6.07) is 15.2. The van der Waals surface area contributed by atoms with Gasteiger partial charge in [-0.2, -0.15) is 0 Å². The SMILES string of the molecule is O=C(Nc1nc2ccccc2s1)Nc1nc2ccccc2s1. The number of urea groups is 1. The Morgan fingerprint density at radius 3 is 1.68 bits per heavy atom. The lowest BCUT2D eigenvalue weighted by molar-refractivity contribution is 0.262. The molecule has 7 heteroatoms. The number of carbonyl (C=O) groups excluding carboxylic acids is 1. The van der Waals surface area contributed by atoms with E-state index in [1.165, 1.54) is 22.7 Å². The molecule has 0 aliphatic rings. The van der Waals surface area contributed by atoms with Crippen molar-refractivity contribution in [2.75, 3.05) is 10.6 Å². The Hall–Kier alpha value is -2.51. The quantitative estimate of drug-likeness (QED) is 0.568. The van der Waals surface area contributed by atoms with Gasteiger partial charge in [0.25, 0.3) is 0 Å². The standard InChI is InChI=1S/C15H10N4OS2/c20-13(18-14-16-9-5-1-3-7-11(9)21-14)19-15-17-10-6-2-4-8-12(10)22-15/h1-8H,(H2,16,17,18,19,20). The summed E-state index contributed by atoms with van der Waals surface area (Å²) in [6.45, 7) is 0. The molecule has 0 unspecified atom stereocenters. The number of thiazole rings is 2. The maximum Gasteiger partial charge on any atom is 0.327 e. The summed E-state index contributed by atoms with van der Waals surface area (Å²) in [6.07, 6.45) is 0. The number of hydrogen-bond acceptors (Lipinski definition) is 5. The second-order valence-corrected chi connectivity index (χ2v) is 6.61. The molecule has 4 aromatic rings. The molecule has 2 N–H and O–H groups in total. The molecule has 0 radical (unpaired) electrons. The number of carbonyl (C=O) groups is 1. The third-order valence-corrected chi connectivity index (χ3v) is 4.93. The Morgan fingerprint density at radius 1 is 0.773 bits per heavy atom. The summed E-state index contributed by atoms with van der Waals surface area (Å²) in [4.78, 5) is 20.8. The number of aromatic nitrogens is 2. The molecule has 2 heterocycles. The molecule has 2 amide bonds. The van der Waals surface area contributed by atoms with E-state index in [1.54, 1.807) is 0 Å². The van der Waals surface area contributed by atoms with E-state index in [1.807, 2.05) is 48.5 Å². The van der Waals surface area contributed by atoms with Gasteiger partial charge in [-0.1, -0.05) is 46.9 Å². The molecular formula is C15H10N4OS2. The first kappa shape index (κ1) is 13.2. The van der Waals surface area contributed by atoms with Crippen LogP contribution in [0, 0.1) is 0 Å². The topological polar surface area (TPSA) is 66.9 Å². The molecule has 0 saturated carbocycles. The van der Waals surface area contributed by atoms with Crippen LogP contribution < -0.4 is 10.6 Å². The smallest absolute Gasteiger partial charge is 0.283 e. The normalized spacial score (nSPS) is 10.9. The molecular weight excluding hydrogens is 316 g/mol. The zero-order valence-electron chi connectivity index (χ0n) is 11.2. The Labute approximate surface area is 133 Å². The fraction of sp³-hybridized carbons (Fsp3) is 0. The third-order valence-electron chi connectivity index (χ3n) is 3.03. The summed E-state index contributed by atoms with van der Waals surface area (Å²) in [7, 11) is 0. The van der Waals surface area contributed by atoms with E-state index in [4.69, 9.17) is 0 Å². The highest BCUT2D eigenvalue weighted by molar-refractivity contribution is 7.22. The van der Waals surface area contributed by atoms with Crippen molar-refractivity contribution < 1.29 is 4.79 Å². The summed E-state index contributed by atoms with van der Waals surface area (Å²) in [5.74, 6) is 0. The number of para-hydroxylation sites is 2. The van der Waals surface area contributed by atoms with E-state index in [0.29, 0.717) is 10.3 Å². The van der Waals surface area contributed by atoms with Gasteiger partial charge < -0.3 is 0 Å². The second kappa shape index (κ2) is 5.36. The maximum absolute atomic E-state index is 12.0. The number of nitrogens with zero attached hydrogens (tertiary/aromatic N) is 2. The van der Waals surface area contributed by atoms with Gasteiger partial charge in [-0.05, 0) is 24.3 Å². The van der Waals surface area contributed by atoms with Crippen LogP contribution >= 0.6 is 22.7 Å². The van der Waals surface area contributed by atoms with Crippen molar-refractivity contribution in [2.45, 2.75) is 0 Å². The molecule has 0 bridgehead atoms. The van der Waals surface area contributed by atoms with E-state index in [-0.39, 0.29) is 6.03 Å². The first-order valence-corrected chi connectivity index (χ1v) is 8.20. The van der Waals surface area contributed by atoms with Crippen LogP contribution in [0.15, 0.2) is 48.5 Å². The summed E-state index contributed by atoms with van der Waals surface area (Å²) in [5, 5.41) is 6.63. The zero-order chi connectivity index (χ0) is 14.9. The number of anilines is 2. The van der Waals surface area contributed by atoms with Crippen LogP contribution in [0.2, 0.25) is 0 Å². The van der Waals surface area contributed by atoms with Crippen molar-refractivity contribution in [2.24, 2.45) is 0 Å². The number of rotatable bonds is 2. The molecule has 108 valence electrons. The summed E-state index contributed by atoms with van der Waals surface area (Å²) in [5.41, 5.74) is 1.76. The molecule has 0 aliphatic carbocycles. The average molecular weight is 326 g/mol. The number of nitrogens with one attached hydrogen (secondary N) is 2. The van der Waals surface area contributed by atoms with Crippen molar-refractivity contribution in [3.8, 4) is 0 Å². The van der Waals surface area contributed by atoms with Gasteiger partial charge in [0.1, 0.15) is 0 Å². The van der Waals surface area contributed by atoms with Gasteiger partial charge in [-0.15, -0.1) is 0 Å². The van der Waals surface area contributed by atoms with Crippen LogP contribution in [0.1, 0.15) is 0 Å². The molecule has 0 atom stereocenters. The maximum atomic E-state index is 12.0. The highest BCUT2D eigenvalue weighted by Gasteiger charge is 2.10. The lowest BCUT2D eigenvalue weighted by atomic mass is 10.3. The molecule has 0 fully saturated rings. The monoisotopic (exact) mass is 326 g/mol. The van der Waals surface area contributed by atoms with Crippen molar-refractivity contribution in [3.05, 3.63) is 48.5 Å². The first-order chi connectivity index (χ1) is 10.8. The average Bonchev–Trinajstić information content (AvgIpc) is 3.08. The van der Waals surface area contributed by atoms with Gasteiger partial charge in [0.05, 0.1) is 20.4 Å². The lowest BCUT2D eigenvalue weighted by Crippen LogP contribution is -2.19. The summed E-state index contributed by atoms with van der Waals surface area (Å²) >= 11 is 2.88. The Kier molecular flexibility index (Phi) is 3.21. The molecule has 2 aromatic carbocycles. The van der Waals surface area contributed by atoms with E-state index >= 15 is 0 Å².